The van der Waals surface area contributed by atoms with Gasteiger partial charge < -0.3 is 0 Å². The van der Waals surface area contributed by atoms with E-state index in [1.54, 1.807) is 0 Å². The first-order chi connectivity index (χ1) is 12.8. The zero-order chi connectivity index (χ0) is 23.4. The zero-order valence-electron chi connectivity index (χ0n) is 19.0. The molecule has 0 unspecified atom stereocenters. The quantitative estimate of drug-likeness (QED) is 0.289. The van der Waals surface area contributed by atoms with Gasteiger partial charge in [0.2, 0.25) is 0 Å². The molecule has 166 valence electrons. The first-order valence-corrected chi connectivity index (χ1v) is 11.2. The van der Waals surface area contributed by atoms with E-state index in [9.17, 15) is 21.0 Å². The van der Waals surface area contributed by atoms with Gasteiger partial charge in [0.1, 0.15) is 0 Å². The summed E-state index contributed by atoms with van der Waals surface area (Å²) in [4.78, 5) is 0. The van der Waals surface area contributed by atoms with Gasteiger partial charge in [-0.25, -0.2) is 0 Å². The standard InChI is InChI=1S/2C8H10.3C2H6.F5P/c2*1-7-3-5-8(2)6-4-7;3*1-2;1-6(2,3,4)5/h2*3-6H,1-2H3;3*1-2H3;. The molecule has 0 aliphatic heterocycles. The van der Waals surface area contributed by atoms with Crippen LogP contribution in [0.25, 0.3) is 0 Å². The predicted molar refractivity (Wildman–Crippen MR) is 118 cm³/mol. The van der Waals surface area contributed by atoms with Gasteiger partial charge in [-0.15, -0.1) is 0 Å². The Morgan fingerprint density at radius 2 is 0.464 bits per heavy atom. The minimum atomic E-state index is -8.55. The van der Waals surface area contributed by atoms with Gasteiger partial charge in [0.25, 0.3) is 0 Å². The van der Waals surface area contributed by atoms with Crippen molar-refractivity contribution in [1.29, 1.82) is 0 Å². The summed E-state index contributed by atoms with van der Waals surface area (Å²) in [5.41, 5.74) is 5.32. The minimum absolute atomic E-state index is 1.33. The molecule has 0 aliphatic carbocycles. The van der Waals surface area contributed by atoms with Crippen molar-refractivity contribution >= 4 is 8.16 Å². The molecule has 0 bridgehead atoms. The third kappa shape index (κ3) is 39.5. The summed E-state index contributed by atoms with van der Waals surface area (Å²) in [5.74, 6) is 0. The summed E-state index contributed by atoms with van der Waals surface area (Å²) < 4.78 is 49.2. The van der Waals surface area contributed by atoms with Crippen LogP contribution in [0, 0.1) is 27.7 Å². The van der Waals surface area contributed by atoms with E-state index in [1.807, 2.05) is 41.5 Å². The molecule has 2 aromatic rings. The maximum absolute atomic E-state index is 9.84. The maximum atomic E-state index is 9.84. The Bertz CT molecular complexity index is 454. The van der Waals surface area contributed by atoms with Gasteiger partial charge in [-0.2, -0.15) is 0 Å². The molecule has 2 rings (SSSR count). The Morgan fingerprint density at radius 3 is 0.536 bits per heavy atom. The van der Waals surface area contributed by atoms with E-state index in [4.69, 9.17) is 0 Å². The van der Waals surface area contributed by atoms with E-state index in [0.29, 0.717) is 0 Å². The van der Waals surface area contributed by atoms with Crippen LogP contribution in [-0.4, -0.2) is 0 Å². The van der Waals surface area contributed by atoms with Gasteiger partial charge in [-0.3, -0.25) is 0 Å². The van der Waals surface area contributed by atoms with Crippen molar-refractivity contribution in [2.24, 2.45) is 0 Å². The fourth-order valence-electron chi connectivity index (χ4n) is 1.27. The van der Waals surface area contributed by atoms with Crippen LogP contribution < -0.4 is 0 Å². The average Bonchev–Trinajstić information content (AvgIpc) is 2.64. The normalized spacial score (nSPS) is 10.0. The summed E-state index contributed by atoms with van der Waals surface area (Å²) in [6, 6.07) is 17.0. The van der Waals surface area contributed by atoms with Crippen molar-refractivity contribution in [2.45, 2.75) is 69.2 Å². The summed E-state index contributed by atoms with van der Waals surface area (Å²) >= 11 is 0. The van der Waals surface area contributed by atoms with Crippen LogP contribution >= 0.6 is 8.16 Å². The van der Waals surface area contributed by atoms with Gasteiger partial charge in [0, 0.05) is 0 Å². The van der Waals surface area contributed by atoms with Crippen LogP contribution in [0.4, 0.5) is 21.0 Å². The molecule has 0 radical (unpaired) electrons. The van der Waals surface area contributed by atoms with Gasteiger partial charge in [0.15, 0.2) is 0 Å². The second-order valence-electron chi connectivity index (χ2n) is 4.95. The van der Waals surface area contributed by atoms with Crippen molar-refractivity contribution in [3.05, 3.63) is 70.8 Å². The topological polar surface area (TPSA) is 0 Å². The molecule has 0 spiro atoms. The molecule has 0 amide bonds. The fraction of sp³-hybridized carbons (Fsp3) is 0.455. The molecule has 0 N–H and O–H groups in total. The first-order valence-electron chi connectivity index (χ1n) is 9.49. The number of aryl methyl sites for hydroxylation is 4. The van der Waals surface area contributed by atoms with Crippen molar-refractivity contribution in [3.8, 4) is 0 Å². The van der Waals surface area contributed by atoms with E-state index in [-0.39, 0.29) is 0 Å². The number of benzene rings is 2. The Hall–Kier alpha value is -1.48. The Kier molecular flexibility index (Phi) is 22.9. The number of rotatable bonds is 0. The second kappa shape index (κ2) is 18.9. The molecule has 0 fully saturated rings. The van der Waals surface area contributed by atoms with Crippen LogP contribution in [0.2, 0.25) is 0 Å². The zero-order valence-corrected chi connectivity index (χ0v) is 19.9. The summed E-state index contributed by atoms with van der Waals surface area (Å²) in [6.07, 6.45) is 0. The molecule has 0 atom stereocenters. The predicted octanol–water partition coefficient (Wildman–Crippen LogP) is 10.6. The van der Waals surface area contributed by atoms with E-state index in [1.165, 1.54) is 22.3 Å². The van der Waals surface area contributed by atoms with Gasteiger partial charge in [0.05, 0.1) is 0 Å². The number of halogens is 5. The molecule has 0 saturated heterocycles. The molecule has 0 aromatic heterocycles. The Morgan fingerprint density at radius 1 is 0.393 bits per heavy atom. The van der Waals surface area contributed by atoms with Crippen molar-refractivity contribution in [3.63, 3.8) is 0 Å². The van der Waals surface area contributed by atoms with Crippen LogP contribution in [0.5, 0.6) is 0 Å². The van der Waals surface area contributed by atoms with Crippen LogP contribution in [0.1, 0.15) is 63.8 Å². The van der Waals surface area contributed by atoms with Crippen molar-refractivity contribution in [1.82, 2.24) is 0 Å². The summed E-state index contributed by atoms with van der Waals surface area (Å²) in [5, 5.41) is 0. The Labute approximate surface area is 169 Å². The monoisotopic (exact) mass is 428 g/mol. The third-order valence-electron chi connectivity index (χ3n) is 2.44. The van der Waals surface area contributed by atoms with Crippen molar-refractivity contribution in [2.75, 3.05) is 0 Å². The fourth-order valence-corrected chi connectivity index (χ4v) is 1.27. The van der Waals surface area contributed by atoms with E-state index in [0.717, 1.165) is 0 Å². The molecule has 0 nitrogen and oxygen atoms in total. The first kappa shape index (κ1) is 34.1. The molecule has 0 aliphatic rings. The average molecular weight is 429 g/mol. The van der Waals surface area contributed by atoms with Crippen molar-refractivity contribution < 1.29 is 21.0 Å². The van der Waals surface area contributed by atoms with Gasteiger partial charge in [-0.05, 0) is 27.7 Å². The molecular formula is C22H38F5P. The van der Waals surface area contributed by atoms with E-state index in [2.05, 4.69) is 76.2 Å². The molecule has 0 heterocycles. The van der Waals surface area contributed by atoms with E-state index >= 15 is 0 Å². The second-order valence-corrected chi connectivity index (χ2v) is 6.23. The van der Waals surface area contributed by atoms with Gasteiger partial charge in [-0.1, -0.05) is 112 Å². The van der Waals surface area contributed by atoms with Crippen LogP contribution in [0.15, 0.2) is 48.5 Å². The summed E-state index contributed by atoms with van der Waals surface area (Å²) in [6.45, 7) is 20.4. The Balaban J connectivity index is -0.000000137. The number of hydrogen-bond acceptors (Lipinski definition) is 0. The van der Waals surface area contributed by atoms with Crippen LogP contribution in [-0.2, 0) is 0 Å². The molecule has 6 heteroatoms. The SMILES string of the molecule is CC.CC.CC.Cc1ccc(C)cc1.Cc1ccc(C)cc1.FP(F)(F)(F)F. The third-order valence-corrected chi connectivity index (χ3v) is 2.44. The van der Waals surface area contributed by atoms with E-state index < -0.39 is 8.16 Å². The van der Waals surface area contributed by atoms with Gasteiger partial charge >= 0.3 is 29.1 Å². The number of hydrogen-bond donors (Lipinski definition) is 0. The molecule has 2 aromatic carbocycles. The molecular weight excluding hydrogens is 390 g/mol. The molecule has 0 saturated carbocycles. The van der Waals surface area contributed by atoms with Crippen LogP contribution in [0.3, 0.4) is 0 Å². The summed E-state index contributed by atoms with van der Waals surface area (Å²) in [7, 11) is -8.55. The molecule has 28 heavy (non-hydrogen) atoms.